The summed E-state index contributed by atoms with van der Waals surface area (Å²) in [6, 6.07) is 10.3. The van der Waals surface area contributed by atoms with Crippen LogP contribution in [0.5, 0.6) is 23.0 Å². The van der Waals surface area contributed by atoms with Crippen LogP contribution in [0.15, 0.2) is 54.2 Å². The quantitative estimate of drug-likeness (QED) is 0.354. The lowest BCUT2D eigenvalue weighted by Crippen LogP contribution is -2.17. The predicted molar refractivity (Wildman–Crippen MR) is 113 cm³/mol. The summed E-state index contributed by atoms with van der Waals surface area (Å²) in [6.45, 7) is 8.83. The number of nitrogens with one attached hydrogen (secondary N) is 1. The summed E-state index contributed by atoms with van der Waals surface area (Å²) in [4.78, 5) is 12.4. The van der Waals surface area contributed by atoms with Crippen molar-refractivity contribution in [2.45, 2.75) is 13.8 Å². The van der Waals surface area contributed by atoms with Crippen molar-refractivity contribution in [1.29, 1.82) is 0 Å². The van der Waals surface area contributed by atoms with Crippen LogP contribution in [0.3, 0.4) is 0 Å². The fourth-order valence-electron chi connectivity index (χ4n) is 2.45. The molecule has 1 N–H and O–H groups in total. The molecule has 0 aliphatic carbocycles. The van der Waals surface area contributed by atoms with Crippen molar-refractivity contribution in [2.24, 2.45) is 5.10 Å². The molecule has 0 unspecified atom stereocenters. The van der Waals surface area contributed by atoms with Crippen molar-refractivity contribution in [1.82, 2.24) is 5.43 Å². The van der Waals surface area contributed by atoms with E-state index in [4.69, 9.17) is 18.9 Å². The Morgan fingerprint density at radius 2 is 1.69 bits per heavy atom. The summed E-state index contributed by atoms with van der Waals surface area (Å²) < 4.78 is 21.9. The molecule has 0 aliphatic rings. The Morgan fingerprint density at radius 3 is 2.38 bits per heavy atom. The molecular weight excluding hydrogens is 372 g/mol. The number of ether oxygens (including phenoxy) is 4. The van der Waals surface area contributed by atoms with Gasteiger partial charge in [-0.3, -0.25) is 4.79 Å². The molecule has 2 aromatic rings. The molecule has 0 heterocycles. The van der Waals surface area contributed by atoms with Gasteiger partial charge >= 0.3 is 0 Å². The number of hydrazone groups is 1. The van der Waals surface area contributed by atoms with Crippen LogP contribution in [-0.4, -0.2) is 39.1 Å². The lowest BCUT2D eigenvalue weighted by Gasteiger charge is -2.11. The average molecular weight is 398 g/mol. The summed E-state index contributed by atoms with van der Waals surface area (Å²) in [5, 5.41) is 4.02. The highest BCUT2D eigenvalue weighted by atomic mass is 16.5. The molecule has 0 atom stereocenters. The van der Waals surface area contributed by atoms with E-state index in [1.807, 2.05) is 26.0 Å². The van der Waals surface area contributed by atoms with Crippen LogP contribution in [-0.2, 0) is 0 Å². The van der Waals surface area contributed by atoms with Gasteiger partial charge in [-0.05, 0) is 55.8 Å². The third-order valence-electron chi connectivity index (χ3n) is 3.73. The minimum absolute atomic E-state index is 0.345. The molecule has 2 aromatic carbocycles. The number of nitrogens with zero attached hydrogens (tertiary/aromatic N) is 1. The van der Waals surface area contributed by atoms with E-state index in [9.17, 15) is 4.79 Å². The number of amides is 1. The van der Waals surface area contributed by atoms with Gasteiger partial charge in [-0.1, -0.05) is 12.7 Å². The van der Waals surface area contributed by atoms with Gasteiger partial charge in [-0.25, -0.2) is 5.43 Å². The lowest BCUT2D eigenvalue weighted by molar-refractivity contribution is 0.0954. The molecular formula is C22H26N2O5. The monoisotopic (exact) mass is 398 g/mol. The van der Waals surface area contributed by atoms with E-state index in [0.717, 1.165) is 5.56 Å². The smallest absolute Gasteiger partial charge is 0.271 e. The summed E-state index contributed by atoms with van der Waals surface area (Å²) in [5.74, 6) is 1.92. The zero-order valence-corrected chi connectivity index (χ0v) is 16.9. The SMILES string of the molecule is C=CCOc1ccc(C(=O)N/N=C/c2ccc(OCC)c(OCC)c2)cc1OC. The van der Waals surface area contributed by atoms with Crippen LogP contribution >= 0.6 is 0 Å². The molecule has 1 amide bonds. The number of benzene rings is 2. The van der Waals surface area contributed by atoms with Crippen molar-refractivity contribution in [3.8, 4) is 23.0 Å². The van der Waals surface area contributed by atoms with E-state index in [2.05, 4.69) is 17.1 Å². The number of hydrogen-bond donors (Lipinski definition) is 1. The molecule has 0 aliphatic heterocycles. The summed E-state index contributed by atoms with van der Waals surface area (Å²) in [6.07, 6.45) is 3.17. The second kappa shape index (κ2) is 11.4. The van der Waals surface area contributed by atoms with E-state index in [0.29, 0.717) is 48.4 Å². The Labute approximate surface area is 170 Å². The second-order valence-electron chi connectivity index (χ2n) is 5.74. The Bertz CT molecular complexity index is 864. The number of carbonyl (C=O) groups is 1. The minimum Gasteiger partial charge on any atom is -0.493 e. The van der Waals surface area contributed by atoms with Crippen LogP contribution in [0.25, 0.3) is 0 Å². The first-order valence-corrected chi connectivity index (χ1v) is 9.27. The molecule has 0 bridgehead atoms. The average Bonchev–Trinajstić information content (AvgIpc) is 2.74. The Balaban J connectivity index is 2.07. The number of hydrogen-bond acceptors (Lipinski definition) is 6. The van der Waals surface area contributed by atoms with Crippen LogP contribution < -0.4 is 24.4 Å². The van der Waals surface area contributed by atoms with Gasteiger partial charge in [0.15, 0.2) is 23.0 Å². The van der Waals surface area contributed by atoms with Crippen molar-refractivity contribution >= 4 is 12.1 Å². The van der Waals surface area contributed by atoms with Crippen LogP contribution in [0.2, 0.25) is 0 Å². The van der Waals surface area contributed by atoms with E-state index in [1.54, 1.807) is 30.3 Å². The van der Waals surface area contributed by atoms with E-state index >= 15 is 0 Å². The van der Waals surface area contributed by atoms with Gasteiger partial charge < -0.3 is 18.9 Å². The summed E-state index contributed by atoms with van der Waals surface area (Å²) >= 11 is 0. The standard InChI is InChI=1S/C22H26N2O5/c1-5-12-29-18-11-9-17(14-20(18)26-4)22(25)24-23-15-16-8-10-19(27-6-2)21(13-16)28-7-3/h5,8-11,13-15H,1,6-7,12H2,2-4H3,(H,24,25)/b23-15+. The summed E-state index contributed by atoms with van der Waals surface area (Å²) in [7, 11) is 1.51. The molecule has 0 radical (unpaired) electrons. The molecule has 29 heavy (non-hydrogen) atoms. The highest BCUT2D eigenvalue weighted by Crippen LogP contribution is 2.29. The zero-order chi connectivity index (χ0) is 21.1. The van der Waals surface area contributed by atoms with Gasteiger partial charge in [-0.2, -0.15) is 5.10 Å². The van der Waals surface area contributed by atoms with Crippen molar-refractivity contribution in [3.05, 3.63) is 60.2 Å². The minimum atomic E-state index is -0.370. The molecule has 2 rings (SSSR count). The van der Waals surface area contributed by atoms with Gasteiger partial charge in [-0.15, -0.1) is 0 Å². The van der Waals surface area contributed by atoms with Gasteiger partial charge in [0.05, 0.1) is 26.5 Å². The van der Waals surface area contributed by atoms with Crippen molar-refractivity contribution in [3.63, 3.8) is 0 Å². The first-order chi connectivity index (χ1) is 14.1. The fourth-order valence-corrected chi connectivity index (χ4v) is 2.45. The summed E-state index contributed by atoms with van der Waals surface area (Å²) in [5.41, 5.74) is 3.66. The molecule has 0 saturated carbocycles. The Hall–Kier alpha value is -3.48. The van der Waals surface area contributed by atoms with E-state index in [-0.39, 0.29) is 5.91 Å². The molecule has 0 aromatic heterocycles. The number of carbonyl (C=O) groups excluding carboxylic acids is 1. The molecule has 154 valence electrons. The first kappa shape index (κ1) is 21.8. The molecule has 0 fully saturated rings. The van der Waals surface area contributed by atoms with Crippen molar-refractivity contribution < 1.29 is 23.7 Å². The Morgan fingerprint density at radius 1 is 1.00 bits per heavy atom. The highest BCUT2D eigenvalue weighted by molar-refractivity contribution is 5.95. The molecule has 7 nitrogen and oxygen atoms in total. The van der Waals surface area contributed by atoms with Crippen LogP contribution in [0, 0.1) is 0 Å². The van der Waals surface area contributed by atoms with Gasteiger partial charge in [0.1, 0.15) is 6.61 Å². The van der Waals surface area contributed by atoms with Crippen LogP contribution in [0.1, 0.15) is 29.8 Å². The fraction of sp³-hybridized carbons (Fsp3) is 0.273. The zero-order valence-electron chi connectivity index (χ0n) is 16.9. The lowest BCUT2D eigenvalue weighted by atomic mass is 10.2. The molecule has 0 saturated heterocycles. The van der Waals surface area contributed by atoms with Gasteiger partial charge in [0, 0.05) is 5.56 Å². The van der Waals surface area contributed by atoms with E-state index < -0.39 is 0 Å². The topological polar surface area (TPSA) is 78.4 Å². The second-order valence-corrected chi connectivity index (χ2v) is 5.74. The Kier molecular flexibility index (Phi) is 8.56. The number of rotatable bonds is 11. The maximum absolute atomic E-state index is 12.4. The third-order valence-corrected chi connectivity index (χ3v) is 3.73. The van der Waals surface area contributed by atoms with Crippen LogP contribution in [0.4, 0.5) is 0 Å². The largest absolute Gasteiger partial charge is 0.493 e. The maximum atomic E-state index is 12.4. The maximum Gasteiger partial charge on any atom is 0.271 e. The molecule has 7 heteroatoms. The normalized spacial score (nSPS) is 10.4. The number of methoxy groups -OCH3 is 1. The van der Waals surface area contributed by atoms with E-state index in [1.165, 1.54) is 13.3 Å². The highest BCUT2D eigenvalue weighted by Gasteiger charge is 2.11. The van der Waals surface area contributed by atoms with Gasteiger partial charge in [0.25, 0.3) is 5.91 Å². The first-order valence-electron chi connectivity index (χ1n) is 9.27. The molecule has 0 spiro atoms. The predicted octanol–water partition coefficient (Wildman–Crippen LogP) is 3.82. The van der Waals surface area contributed by atoms with Gasteiger partial charge in [0.2, 0.25) is 0 Å². The third kappa shape index (κ3) is 6.27. The van der Waals surface area contributed by atoms with Crippen molar-refractivity contribution in [2.75, 3.05) is 26.9 Å².